The summed E-state index contributed by atoms with van der Waals surface area (Å²) in [4.78, 5) is 65.9. The first-order valence-corrected chi connectivity index (χ1v) is 19.7. The van der Waals surface area contributed by atoms with E-state index in [-0.39, 0.29) is 54.9 Å². The Morgan fingerprint density at radius 1 is 1.06 bits per heavy atom. The second-order valence-corrected chi connectivity index (χ2v) is 14.7. The zero-order chi connectivity index (χ0) is 44.9. The molecule has 0 radical (unpaired) electrons. The van der Waals surface area contributed by atoms with Gasteiger partial charge >= 0.3 is 5.97 Å². The van der Waals surface area contributed by atoms with Crippen LogP contribution in [-0.4, -0.2) is 103 Å². The van der Waals surface area contributed by atoms with Crippen LogP contribution in [0.15, 0.2) is 47.6 Å². The molecule has 2 amide bonds. The topological polar surface area (TPSA) is 280 Å². The molecule has 8 N–H and O–H groups in total. The van der Waals surface area contributed by atoms with Gasteiger partial charge in [0.1, 0.15) is 17.8 Å². The predicted octanol–water partition coefficient (Wildman–Crippen LogP) is 2.93. The number of ether oxygens (including phenoxy) is 6. The summed E-state index contributed by atoms with van der Waals surface area (Å²) in [6.07, 6.45) is -0.745. The Morgan fingerprint density at radius 2 is 1.81 bits per heavy atom. The number of aromatic nitrogens is 2. The van der Waals surface area contributed by atoms with E-state index in [2.05, 4.69) is 36.2 Å². The summed E-state index contributed by atoms with van der Waals surface area (Å²) in [5.74, 6) is -0.407. The largest absolute Gasteiger partial charge is 0.493 e. The van der Waals surface area contributed by atoms with Gasteiger partial charge in [-0.15, -0.1) is 0 Å². The number of aliphatic hydroxyl groups is 1. The Morgan fingerprint density at radius 3 is 2.51 bits per heavy atom. The van der Waals surface area contributed by atoms with E-state index in [0.717, 1.165) is 0 Å². The summed E-state index contributed by atoms with van der Waals surface area (Å²) in [6, 6.07) is 7.77. The number of fused-ring (bicyclic) bond motifs is 3. The highest BCUT2D eigenvalue weighted by Crippen LogP contribution is 2.57. The molecule has 4 aromatic rings. The monoisotopic (exact) mass is 869 g/mol. The Hall–Kier alpha value is -7.39. The SMILES string of the molecule is COc1ccc(C(OC=O)C2c3c(c(NC(=O)CCC(NC(=O)c4ccc(NCc5cnc6c(n5)C(O)N=C(N)N6)cc4)C(=O)O)c4c(c3OC)OCO4)CCN2C)c(C)c1OC. The Balaban J connectivity index is 1.05. The average Bonchev–Trinajstić information content (AvgIpc) is 3.76. The fourth-order valence-corrected chi connectivity index (χ4v) is 7.94. The number of likely N-dealkylation sites (N-methyl/N-ethyl adjacent to an activating group) is 1. The number of rotatable bonds is 17. The van der Waals surface area contributed by atoms with Crippen LogP contribution in [0.4, 0.5) is 17.2 Å². The number of methoxy groups -OCH3 is 3. The second kappa shape index (κ2) is 18.7. The quantitative estimate of drug-likeness (QED) is 0.0751. The maximum Gasteiger partial charge on any atom is 0.326 e. The summed E-state index contributed by atoms with van der Waals surface area (Å²) < 4.78 is 34.7. The van der Waals surface area contributed by atoms with Crippen molar-refractivity contribution in [3.05, 3.63) is 81.8 Å². The van der Waals surface area contributed by atoms with Crippen molar-refractivity contribution in [2.45, 2.75) is 57.1 Å². The molecule has 0 fully saturated rings. The first-order chi connectivity index (χ1) is 30.4. The van der Waals surface area contributed by atoms with Gasteiger partial charge in [0.25, 0.3) is 12.4 Å². The van der Waals surface area contributed by atoms with Crippen molar-refractivity contribution in [1.82, 2.24) is 20.2 Å². The number of guanidine groups is 1. The number of nitrogens with two attached hydrogens (primary N) is 1. The summed E-state index contributed by atoms with van der Waals surface area (Å²) in [5, 5.41) is 31.6. The smallest absolute Gasteiger partial charge is 0.326 e. The van der Waals surface area contributed by atoms with E-state index in [1.165, 1.54) is 39.7 Å². The molecule has 7 rings (SSSR count). The minimum Gasteiger partial charge on any atom is -0.493 e. The molecule has 0 bridgehead atoms. The van der Waals surface area contributed by atoms with Gasteiger partial charge in [0, 0.05) is 40.9 Å². The van der Waals surface area contributed by atoms with Gasteiger partial charge < -0.3 is 65.6 Å². The van der Waals surface area contributed by atoms with Crippen LogP contribution in [0.25, 0.3) is 0 Å². The highest BCUT2D eigenvalue weighted by molar-refractivity contribution is 5.98. The van der Waals surface area contributed by atoms with E-state index in [9.17, 15) is 29.4 Å². The van der Waals surface area contributed by atoms with E-state index < -0.39 is 42.2 Å². The minimum absolute atomic E-state index is 0.0295. The lowest BCUT2D eigenvalue weighted by atomic mass is 9.83. The van der Waals surface area contributed by atoms with Crippen LogP contribution in [0.3, 0.4) is 0 Å². The highest BCUT2D eigenvalue weighted by atomic mass is 16.7. The molecule has 21 heteroatoms. The van der Waals surface area contributed by atoms with Gasteiger partial charge in [0.15, 0.2) is 41.0 Å². The number of carbonyl (C=O) groups excluding carboxylic acids is 3. The number of nitrogens with zero attached hydrogens (tertiary/aromatic N) is 4. The van der Waals surface area contributed by atoms with Gasteiger partial charge in [0.05, 0.1) is 51.5 Å². The van der Waals surface area contributed by atoms with Crippen LogP contribution in [0.5, 0.6) is 28.7 Å². The lowest BCUT2D eigenvalue weighted by molar-refractivity contribution is -0.139. The van der Waals surface area contributed by atoms with Crippen LogP contribution in [0.2, 0.25) is 0 Å². The van der Waals surface area contributed by atoms with Gasteiger partial charge in [-0.25, -0.2) is 19.8 Å². The number of carboxylic acid groups (broad SMARTS) is 1. The van der Waals surface area contributed by atoms with Crippen molar-refractivity contribution in [2.24, 2.45) is 10.7 Å². The van der Waals surface area contributed by atoms with E-state index in [4.69, 9.17) is 34.2 Å². The number of aliphatic carboxylic acids is 1. The third kappa shape index (κ3) is 8.86. The number of amides is 2. The number of aliphatic imine (C=N–C) groups is 1. The molecule has 0 aliphatic carbocycles. The molecule has 0 saturated heterocycles. The molecule has 4 heterocycles. The molecular formula is C42H47N9O12. The van der Waals surface area contributed by atoms with E-state index in [1.807, 2.05) is 18.9 Å². The molecular weight excluding hydrogens is 823 g/mol. The van der Waals surface area contributed by atoms with E-state index >= 15 is 0 Å². The lowest BCUT2D eigenvalue weighted by Gasteiger charge is -2.40. The lowest BCUT2D eigenvalue weighted by Crippen LogP contribution is -2.41. The molecule has 4 unspecified atom stereocenters. The van der Waals surface area contributed by atoms with Crippen molar-refractivity contribution in [2.75, 3.05) is 57.7 Å². The maximum atomic E-state index is 13.7. The number of aliphatic hydroxyl groups excluding tert-OH is 1. The van der Waals surface area contributed by atoms with Crippen molar-refractivity contribution in [1.29, 1.82) is 0 Å². The molecule has 3 aliphatic rings. The van der Waals surface area contributed by atoms with Gasteiger partial charge in [-0.05, 0) is 62.7 Å². The zero-order valence-corrected chi connectivity index (χ0v) is 35.0. The number of anilines is 3. The van der Waals surface area contributed by atoms with Crippen molar-refractivity contribution < 1.29 is 57.8 Å². The molecule has 3 aromatic carbocycles. The van der Waals surface area contributed by atoms with E-state index in [1.54, 1.807) is 24.3 Å². The highest BCUT2D eigenvalue weighted by Gasteiger charge is 2.43. The zero-order valence-electron chi connectivity index (χ0n) is 35.0. The molecule has 63 heavy (non-hydrogen) atoms. The fraction of sp³-hybridized carbons (Fsp3) is 0.357. The Kier molecular flexibility index (Phi) is 13.0. The number of carboxylic acids is 1. The maximum absolute atomic E-state index is 13.7. The standard InChI is InChI=1S/C42H47N9O12/c1-20-24(10-12-27(58-3)33(20)59-4)34(61-18-52)32-29-25(14-15-51(32)2)30(36-37(35(29)60-5)63-19-62-36)48-28(53)13-11-26(41(56)57)47-39(54)21-6-8-22(9-7-21)44-16-23-17-45-38-31(46-23)40(55)50-42(43)49-38/h6-10,12,17-18,26,32,34,40,44,55H,11,13-16,19H2,1-5H3,(H,47,54)(H,48,53)(H,56,57)(H3,43,45,49,50). The molecule has 0 saturated carbocycles. The molecule has 21 nitrogen and oxygen atoms in total. The summed E-state index contributed by atoms with van der Waals surface area (Å²) in [5.41, 5.74) is 10.1. The predicted molar refractivity (Wildman–Crippen MR) is 225 cm³/mol. The van der Waals surface area contributed by atoms with Gasteiger partial charge in [-0.2, -0.15) is 0 Å². The van der Waals surface area contributed by atoms with Crippen molar-refractivity contribution in [3.8, 4) is 28.7 Å². The number of carbonyl (C=O) groups is 4. The summed E-state index contributed by atoms with van der Waals surface area (Å²) in [6.45, 7) is 2.75. The van der Waals surface area contributed by atoms with Crippen LogP contribution in [0, 0.1) is 6.92 Å². The van der Waals surface area contributed by atoms with Crippen LogP contribution < -0.4 is 50.7 Å². The molecule has 0 spiro atoms. The minimum atomic E-state index is -1.41. The number of hydrogen-bond acceptors (Lipinski definition) is 18. The molecule has 1 aromatic heterocycles. The van der Waals surface area contributed by atoms with Crippen LogP contribution in [0.1, 0.15) is 75.2 Å². The van der Waals surface area contributed by atoms with Crippen LogP contribution in [-0.2, 0) is 32.1 Å². The molecule has 4 atom stereocenters. The van der Waals surface area contributed by atoms with E-state index in [0.29, 0.717) is 81.8 Å². The number of hydrogen-bond donors (Lipinski definition) is 7. The fourth-order valence-electron chi connectivity index (χ4n) is 7.94. The van der Waals surface area contributed by atoms with Crippen LogP contribution >= 0.6 is 0 Å². The third-order valence-electron chi connectivity index (χ3n) is 11.0. The molecule has 332 valence electrons. The second-order valence-electron chi connectivity index (χ2n) is 14.7. The van der Waals surface area contributed by atoms with Crippen molar-refractivity contribution >= 4 is 47.4 Å². The van der Waals surface area contributed by atoms with Crippen molar-refractivity contribution in [3.63, 3.8) is 0 Å². The summed E-state index contributed by atoms with van der Waals surface area (Å²) >= 11 is 0. The van der Waals surface area contributed by atoms with Gasteiger partial charge in [-0.3, -0.25) is 19.3 Å². The number of nitrogens with one attached hydrogen (secondary N) is 4. The Labute approximate surface area is 360 Å². The first kappa shape index (κ1) is 43.7. The first-order valence-electron chi connectivity index (χ1n) is 19.7. The molecule has 3 aliphatic heterocycles. The third-order valence-corrected chi connectivity index (χ3v) is 11.0. The number of benzene rings is 3. The Bertz CT molecular complexity index is 2450. The van der Waals surface area contributed by atoms with Gasteiger partial charge in [0.2, 0.25) is 18.4 Å². The normalized spacial score (nSPS) is 17.1. The van der Waals surface area contributed by atoms with Gasteiger partial charge in [-0.1, -0.05) is 6.07 Å². The average molecular weight is 870 g/mol. The summed E-state index contributed by atoms with van der Waals surface area (Å²) in [7, 11) is 6.41.